The first-order valence-corrected chi connectivity index (χ1v) is 8.91. The second-order valence-electron chi connectivity index (χ2n) is 6.24. The van der Waals surface area contributed by atoms with Crippen LogP contribution >= 0.6 is 0 Å². The number of amides is 2. The van der Waals surface area contributed by atoms with Crippen molar-refractivity contribution in [3.05, 3.63) is 89.7 Å². The minimum Gasteiger partial charge on any atom is -0.452 e. The summed E-state index contributed by atoms with van der Waals surface area (Å²) in [6, 6.07) is 18.2. The lowest BCUT2D eigenvalue weighted by molar-refractivity contribution is -0.119. The van der Waals surface area contributed by atoms with E-state index in [1.54, 1.807) is 24.3 Å². The van der Waals surface area contributed by atoms with E-state index in [0.29, 0.717) is 22.6 Å². The van der Waals surface area contributed by atoms with Crippen LogP contribution in [0.2, 0.25) is 0 Å². The van der Waals surface area contributed by atoms with Crippen molar-refractivity contribution in [2.24, 2.45) is 5.73 Å². The normalized spacial score (nSPS) is 10.2. The predicted molar refractivity (Wildman–Crippen MR) is 110 cm³/mol. The number of rotatable bonds is 7. The van der Waals surface area contributed by atoms with E-state index in [0.717, 1.165) is 0 Å². The van der Waals surface area contributed by atoms with Crippen molar-refractivity contribution in [1.29, 1.82) is 0 Å². The van der Waals surface area contributed by atoms with Crippen LogP contribution in [0, 0.1) is 5.82 Å². The van der Waals surface area contributed by atoms with Crippen LogP contribution in [0.3, 0.4) is 0 Å². The summed E-state index contributed by atoms with van der Waals surface area (Å²) in [4.78, 5) is 35.5. The highest BCUT2D eigenvalue weighted by atomic mass is 19.1. The molecule has 4 N–H and O–H groups in total. The van der Waals surface area contributed by atoms with Gasteiger partial charge < -0.3 is 21.1 Å². The maximum absolute atomic E-state index is 13.1. The van der Waals surface area contributed by atoms with Crippen LogP contribution in [0.1, 0.15) is 20.7 Å². The summed E-state index contributed by atoms with van der Waals surface area (Å²) in [6.45, 7) is -0.499. The molecule has 3 aromatic carbocycles. The van der Waals surface area contributed by atoms with Crippen molar-refractivity contribution in [3.63, 3.8) is 0 Å². The quantitative estimate of drug-likeness (QED) is 0.520. The van der Waals surface area contributed by atoms with Gasteiger partial charge in [-0.15, -0.1) is 0 Å². The SMILES string of the molecule is NC(=O)c1ccc(NC(=O)COC(=O)c2ccccc2Nc2ccc(F)cc2)cc1. The number of hydrogen-bond acceptors (Lipinski definition) is 5. The lowest BCUT2D eigenvalue weighted by atomic mass is 10.1. The highest BCUT2D eigenvalue weighted by molar-refractivity contribution is 5.99. The number of halogens is 1. The first kappa shape index (κ1) is 20.5. The number of carbonyl (C=O) groups is 3. The molecular weight excluding hydrogens is 389 g/mol. The average Bonchev–Trinajstić information content (AvgIpc) is 2.74. The predicted octanol–water partition coefficient (Wildman–Crippen LogP) is 3.46. The van der Waals surface area contributed by atoms with E-state index in [1.807, 2.05) is 0 Å². The average molecular weight is 407 g/mol. The summed E-state index contributed by atoms with van der Waals surface area (Å²) in [7, 11) is 0. The van der Waals surface area contributed by atoms with Crippen LogP contribution < -0.4 is 16.4 Å². The number of para-hydroxylation sites is 1. The van der Waals surface area contributed by atoms with E-state index in [2.05, 4.69) is 10.6 Å². The summed E-state index contributed by atoms with van der Waals surface area (Å²) >= 11 is 0. The Balaban J connectivity index is 1.60. The van der Waals surface area contributed by atoms with E-state index >= 15 is 0 Å². The third-order valence-electron chi connectivity index (χ3n) is 4.06. The summed E-state index contributed by atoms with van der Waals surface area (Å²) in [5.41, 5.74) is 7.17. The molecule has 0 bridgehead atoms. The highest BCUT2D eigenvalue weighted by Gasteiger charge is 2.15. The number of carbonyl (C=O) groups excluding carboxylic acids is 3. The molecule has 3 aromatic rings. The van der Waals surface area contributed by atoms with Gasteiger partial charge >= 0.3 is 5.97 Å². The van der Waals surface area contributed by atoms with Gasteiger partial charge in [-0.25, -0.2) is 9.18 Å². The molecule has 0 heterocycles. The topological polar surface area (TPSA) is 111 Å². The maximum atomic E-state index is 13.1. The molecule has 0 saturated carbocycles. The first-order valence-electron chi connectivity index (χ1n) is 8.91. The van der Waals surface area contributed by atoms with Gasteiger partial charge in [-0.05, 0) is 60.7 Å². The second kappa shape index (κ2) is 9.33. The largest absolute Gasteiger partial charge is 0.452 e. The Labute approximate surface area is 171 Å². The fourth-order valence-corrected chi connectivity index (χ4v) is 2.58. The van der Waals surface area contributed by atoms with Crippen LogP contribution in [-0.4, -0.2) is 24.4 Å². The number of primary amides is 1. The van der Waals surface area contributed by atoms with Gasteiger partial charge in [-0.3, -0.25) is 9.59 Å². The number of nitrogens with two attached hydrogens (primary N) is 1. The third-order valence-corrected chi connectivity index (χ3v) is 4.06. The van der Waals surface area contributed by atoms with Crippen molar-refractivity contribution in [2.45, 2.75) is 0 Å². The molecule has 2 amide bonds. The van der Waals surface area contributed by atoms with Crippen molar-refractivity contribution in [2.75, 3.05) is 17.2 Å². The van der Waals surface area contributed by atoms with Crippen molar-refractivity contribution < 1.29 is 23.5 Å². The fraction of sp³-hybridized carbons (Fsp3) is 0.0455. The number of esters is 1. The van der Waals surface area contributed by atoms with Crippen LogP contribution in [0.25, 0.3) is 0 Å². The van der Waals surface area contributed by atoms with Gasteiger partial charge in [-0.1, -0.05) is 12.1 Å². The maximum Gasteiger partial charge on any atom is 0.340 e. The van der Waals surface area contributed by atoms with E-state index in [1.165, 1.54) is 48.5 Å². The van der Waals surface area contributed by atoms with Gasteiger partial charge in [0.15, 0.2) is 6.61 Å². The van der Waals surface area contributed by atoms with Crippen LogP contribution in [0.5, 0.6) is 0 Å². The Bertz CT molecular complexity index is 1070. The highest BCUT2D eigenvalue weighted by Crippen LogP contribution is 2.22. The first-order chi connectivity index (χ1) is 14.4. The Kier molecular flexibility index (Phi) is 6.39. The molecule has 0 fully saturated rings. The van der Waals surface area contributed by atoms with E-state index < -0.39 is 24.4 Å². The number of anilines is 3. The minimum atomic E-state index is -0.695. The minimum absolute atomic E-state index is 0.223. The molecular formula is C22H18FN3O4. The number of nitrogens with one attached hydrogen (secondary N) is 2. The van der Waals surface area contributed by atoms with Crippen molar-refractivity contribution >= 4 is 34.8 Å². The molecule has 0 unspecified atom stereocenters. The molecule has 8 heteroatoms. The molecule has 30 heavy (non-hydrogen) atoms. The van der Waals surface area contributed by atoms with E-state index in [4.69, 9.17) is 10.5 Å². The van der Waals surface area contributed by atoms with Gasteiger partial charge in [0.25, 0.3) is 5.91 Å². The second-order valence-corrected chi connectivity index (χ2v) is 6.24. The van der Waals surface area contributed by atoms with Crippen LogP contribution in [0.4, 0.5) is 21.5 Å². The number of ether oxygens (including phenoxy) is 1. The lowest BCUT2D eigenvalue weighted by Crippen LogP contribution is -2.21. The molecule has 0 radical (unpaired) electrons. The van der Waals surface area contributed by atoms with E-state index in [-0.39, 0.29) is 11.4 Å². The molecule has 0 aliphatic heterocycles. The lowest BCUT2D eigenvalue weighted by Gasteiger charge is -2.12. The van der Waals surface area contributed by atoms with Crippen LogP contribution in [-0.2, 0) is 9.53 Å². The summed E-state index contributed by atoms with van der Waals surface area (Å²) in [6.07, 6.45) is 0. The molecule has 0 aliphatic rings. The van der Waals surface area contributed by atoms with Gasteiger partial charge in [0.1, 0.15) is 5.82 Å². The van der Waals surface area contributed by atoms with Crippen molar-refractivity contribution in [3.8, 4) is 0 Å². The smallest absolute Gasteiger partial charge is 0.340 e. The zero-order chi connectivity index (χ0) is 21.5. The molecule has 0 atom stereocenters. The zero-order valence-corrected chi connectivity index (χ0v) is 15.7. The standard InChI is InChI=1S/C22H18FN3O4/c23-15-7-11-16(12-8-15)25-19-4-2-1-3-18(19)22(29)30-13-20(27)26-17-9-5-14(6-10-17)21(24)28/h1-12,25H,13H2,(H2,24,28)(H,26,27). The molecule has 0 saturated heterocycles. The Morgan fingerprint density at radius 2 is 1.50 bits per heavy atom. The van der Waals surface area contributed by atoms with Gasteiger partial charge in [0.2, 0.25) is 5.91 Å². The van der Waals surface area contributed by atoms with Crippen molar-refractivity contribution in [1.82, 2.24) is 0 Å². The molecule has 7 nitrogen and oxygen atoms in total. The summed E-state index contributed by atoms with van der Waals surface area (Å²) < 4.78 is 18.2. The Hall–Kier alpha value is -4.20. The molecule has 0 aromatic heterocycles. The van der Waals surface area contributed by atoms with Gasteiger partial charge in [-0.2, -0.15) is 0 Å². The monoisotopic (exact) mass is 407 g/mol. The third kappa shape index (κ3) is 5.41. The summed E-state index contributed by atoms with van der Waals surface area (Å²) in [5.74, 6) is -2.18. The van der Waals surface area contributed by atoms with Gasteiger partial charge in [0, 0.05) is 16.9 Å². The molecule has 0 aliphatic carbocycles. The molecule has 0 spiro atoms. The fourth-order valence-electron chi connectivity index (χ4n) is 2.58. The summed E-state index contributed by atoms with van der Waals surface area (Å²) in [5, 5.41) is 5.57. The molecule has 3 rings (SSSR count). The van der Waals surface area contributed by atoms with Crippen LogP contribution in [0.15, 0.2) is 72.8 Å². The number of hydrogen-bond donors (Lipinski definition) is 3. The van der Waals surface area contributed by atoms with Gasteiger partial charge in [0.05, 0.1) is 11.3 Å². The Morgan fingerprint density at radius 3 is 2.17 bits per heavy atom. The van der Waals surface area contributed by atoms with E-state index in [9.17, 15) is 18.8 Å². The Morgan fingerprint density at radius 1 is 0.867 bits per heavy atom. The molecule has 152 valence electrons. The zero-order valence-electron chi connectivity index (χ0n) is 15.7. The number of benzene rings is 3.